The zero-order valence-electron chi connectivity index (χ0n) is 13.1. The molecule has 0 aliphatic carbocycles. The van der Waals surface area contributed by atoms with Gasteiger partial charge in [0.15, 0.2) is 0 Å². The molecule has 0 bridgehead atoms. The molecular weight excluding hydrogens is 335 g/mol. The first-order valence-electron chi connectivity index (χ1n) is 7.75. The van der Waals surface area contributed by atoms with Gasteiger partial charge in [-0.05, 0) is 44.0 Å². The summed E-state index contributed by atoms with van der Waals surface area (Å²) in [5.74, 6) is 0.606. The van der Waals surface area contributed by atoms with Gasteiger partial charge >= 0.3 is 0 Å². The highest BCUT2D eigenvalue weighted by Crippen LogP contribution is 2.24. The molecule has 1 aliphatic rings. The molecule has 0 amide bonds. The van der Waals surface area contributed by atoms with Crippen molar-refractivity contribution in [3.05, 3.63) is 40.1 Å². The molecule has 0 spiro atoms. The number of ether oxygens (including phenoxy) is 1. The van der Waals surface area contributed by atoms with Crippen LogP contribution in [0.4, 0.5) is 0 Å². The van der Waals surface area contributed by atoms with Crippen LogP contribution in [0.5, 0.6) is 0 Å². The summed E-state index contributed by atoms with van der Waals surface area (Å²) in [5.41, 5.74) is 1.69. The molecule has 0 unspecified atom stereocenters. The molecule has 1 fully saturated rings. The van der Waals surface area contributed by atoms with Crippen LogP contribution >= 0.6 is 23.2 Å². The second-order valence-corrected chi connectivity index (χ2v) is 6.87. The van der Waals surface area contributed by atoms with Crippen molar-refractivity contribution in [3.8, 4) is 5.69 Å². The summed E-state index contributed by atoms with van der Waals surface area (Å²) < 4.78 is 7.22. The highest BCUT2D eigenvalue weighted by Gasteiger charge is 2.17. The molecule has 3 rings (SSSR count). The third-order valence-corrected chi connectivity index (χ3v) is 4.49. The van der Waals surface area contributed by atoms with E-state index in [9.17, 15) is 0 Å². The van der Waals surface area contributed by atoms with E-state index in [2.05, 4.69) is 22.3 Å². The van der Waals surface area contributed by atoms with Crippen molar-refractivity contribution in [1.29, 1.82) is 0 Å². The molecule has 1 atom stereocenters. The summed E-state index contributed by atoms with van der Waals surface area (Å²) >= 11 is 12.1. The van der Waals surface area contributed by atoms with Gasteiger partial charge < -0.3 is 9.64 Å². The van der Waals surface area contributed by atoms with E-state index < -0.39 is 0 Å². The van der Waals surface area contributed by atoms with Crippen LogP contribution in [0.25, 0.3) is 5.69 Å². The summed E-state index contributed by atoms with van der Waals surface area (Å²) in [5, 5.41) is 9.56. The standard InChI is InChI=1S/C16H20Cl2N4O/c1-21(8-12-3-2-6-23-11-12)9-14-10-22(20-19-14)16-5-4-13(17)7-15(16)18/h4-5,7,10,12H,2-3,6,8-9,11H2,1H3/t12-/m1/s1. The lowest BCUT2D eigenvalue weighted by Crippen LogP contribution is -2.30. The van der Waals surface area contributed by atoms with Crippen molar-refractivity contribution < 1.29 is 4.74 Å². The molecule has 1 aromatic carbocycles. The van der Waals surface area contributed by atoms with E-state index >= 15 is 0 Å². The Morgan fingerprint density at radius 1 is 1.39 bits per heavy atom. The number of hydrogen-bond acceptors (Lipinski definition) is 4. The number of halogens is 2. The normalized spacial score (nSPS) is 18.5. The van der Waals surface area contributed by atoms with Gasteiger partial charge in [-0.2, -0.15) is 0 Å². The van der Waals surface area contributed by atoms with Crippen LogP contribution in [0.1, 0.15) is 18.5 Å². The molecule has 124 valence electrons. The monoisotopic (exact) mass is 354 g/mol. The summed E-state index contributed by atoms with van der Waals surface area (Å²) in [6.07, 6.45) is 4.30. The van der Waals surface area contributed by atoms with Crippen molar-refractivity contribution in [3.63, 3.8) is 0 Å². The first-order chi connectivity index (χ1) is 11.1. The predicted octanol–water partition coefficient (Wildman–Crippen LogP) is 3.43. The lowest BCUT2D eigenvalue weighted by Gasteiger charge is -2.26. The van der Waals surface area contributed by atoms with E-state index in [1.807, 2.05) is 12.3 Å². The smallest absolute Gasteiger partial charge is 0.0971 e. The van der Waals surface area contributed by atoms with Gasteiger partial charge in [-0.3, -0.25) is 0 Å². The van der Waals surface area contributed by atoms with Gasteiger partial charge in [0, 0.05) is 24.7 Å². The Morgan fingerprint density at radius 3 is 3.00 bits per heavy atom. The third-order valence-electron chi connectivity index (χ3n) is 3.95. The maximum absolute atomic E-state index is 6.21. The lowest BCUT2D eigenvalue weighted by atomic mass is 10.0. The Labute approximate surface area is 146 Å². The minimum Gasteiger partial charge on any atom is -0.381 e. The fraction of sp³-hybridized carbons (Fsp3) is 0.500. The van der Waals surface area contributed by atoms with E-state index in [0.717, 1.165) is 44.1 Å². The highest BCUT2D eigenvalue weighted by atomic mass is 35.5. The molecule has 0 N–H and O–H groups in total. The summed E-state index contributed by atoms with van der Waals surface area (Å²) in [6.45, 7) is 3.52. The fourth-order valence-electron chi connectivity index (χ4n) is 2.89. The largest absolute Gasteiger partial charge is 0.381 e. The fourth-order valence-corrected chi connectivity index (χ4v) is 3.38. The zero-order chi connectivity index (χ0) is 16.2. The molecule has 1 aliphatic heterocycles. The zero-order valence-corrected chi connectivity index (χ0v) is 14.6. The van der Waals surface area contributed by atoms with E-state index in [-0.39, 0.29) is 0 Å². The minimum absolute atomic E-state index is 0.557. The molecule has 2 aromatic rings. The van der Waals surface area contributed by atoms with E-state index in [0.29, 0.717) is 16.0 Å². The summed E-state index contributed by atoms with van der Waals surface area (Å²) in [7, 11) is 2.10. The maximum atomic E-state index is 6.21. The quantitative estimate of drug-likeness (QED) is 0.824. The number of hydrogen-bond donors (Lipinski definition) is 0. The van der Waals surface area contributed by atoms with Gasteiger partial charge in [0.25, 0.3) is 0 Å². The summed E-state index contributed by atoms with van der Waals surface area (Å²) in [6, 6.07) is 5.33. The van der Waals surface area contributed by atoms with Crippen molar-refractivity contribution >= 4 is 23.2 Å². The molecule has 0 radical (unpaired) electrons. The van der Waals surface area contributed by atoms with Crippen LogP contribution in [0.3, 0.4) is 0 Å². The van der Waals surface area contributed by atoms with Gasteiger partial charge in [-0.25, -0.2) is 4.68 Å². The van der Waals surface area contributed by atoms with E-state index in [1.165, 1.54) is 6.42 Å². The van der Waals surface area contributed by atoms with Crippen molar-refractivity contribution in [1.82, 2.24) is 19.9 Å². The van der Waals surface area contributed by atoms with Gasteiger partial charge in [-0.1, -0.05) is 28.4 Å². The summed E-state index contributed by atoms with van der Waals surface area (Å²) in [4.78, 5) is 2.26. The van der Waals surface area contributed by atoms with Crippen molar-refractivity contribution in [2.75, 3.05) is 26.8 Å². The van der Waals surface area contributed by atoms with Crippen LogP contribution in [0, 0.1) is 5.92 Å². The first kappa shape index (κ1) is 16.7. The average Bonchev–Trinajstić information content (AvgIpc) is 2.96. The van der Waals surface area contributed by atoms with Crippen LogP contribution < -0.4 is 0 Å². The third kappa shape index (κ3) is 4.44. The lowest BCUT2D eigenvalue weighted by molar-refractivity contribution is 0.0410. The molecule has 1 saturated heterocycles. The molecular formula is C16H20Cl2N4O. The number of aromatic nitrogens is 3. The number of rotatable bonds is 5. The Balaban J connectivity index is 1.62. The van der Waals surface area contributed by atoms with Crippen molar-refractivity contribution in [2.45, 2.75) is 19.4 Å². The molecule has 2 heterocycles. The minimum atomic E-state index is 0.557. The molecule has 1 aromatic heterocycles. The predicted molar refractivity (Wildman–Crippen MR) is 91.3 cm³/mol. The molecule has 5 nitrogen and oxygen atoms in total. The van der Waals surface area contributed by atoms with Crippen LogP contribution in [0.2, 0.25) is 10.0 Å². The van der Waals surface area contributed by atoms with Crippen LogP contribution in [-0.2, 0) is 11.3 Å². The SMILES string of the molecule is CN(Cc1cn(-c2ccc(Cl)cc2Cl)nn1)C[C@H]1CCCOC1. The van der Waals surface area contributed by atoms with Gasteiger partial charge in [0.2, 0.25) is 0 Å². The molecule has 7 heteroatoms. The second-order valence-electron chi connectivity index (χ2n) is 6.03. The van der Waals surface area contributed by atoms with Gasteiger partial charge in [0.1, 0.15) is 0 Å². The number of nitrogens with zero attached hydrogens (tertiary/aromatic N) is 4. The Bertz CT molecular complexity index is 655. The molecule has 0 saturated carbocycles. The van der Waals surface area contributed by atoms with Gasteiger partial charge in [0.05, 0.1) is 29.2 Å². The maximum Gasteiger partial charge on any atom is 0.0971 e. The highest BCUT2D eigenvalue weighted by molar-refractivity contribution is 6.35. The van der Waals surface area contributed by atoms with E-state index in [4.69, 9.17) is 27.9 Å². The van der Waals surface area contributed by atoms with Crippen molar-refractivity contribution in [2.24, 2.45) is 5.92 Å². The van der Waals surface area contributed by atoms with E-state index in [1.54, 1.807) is 16.8 Å². The Morgan fingerprint density at radius 2 is 2.26 bits per heavy atom. The van der Waals surface area contributed by atoms with Gasteiger partial charge in [-0.15, -0.1) is 5.10 Å². The van der Waals surface area contributed by atoms with Crippen LogP contribution in [-0.4, -0.2) is 46.7 Å². The Kier molecular flexibility index (Phi) is 5.54. The topological polar surface area (TPSA) is 43.2 Å². The number of benzene rings is 1. The van der Waals surface area contributed by atoms with Crippen LogP contribution in [0.15, 0.2) is 24.4 Å². The Hall–Kier alpha value is -1.14. The first-order valence-corrected chi connectivity index (χ1v) is 8.50. The second kappa shape index (κ2) is 7.62. The molecule has 23 heavy (non-hydrogen) atoms. The average molecular weight is 355 g/mol.